The molecule has 0 N–H and O–H groups in total. The highest BCUT2D eigenvalue weighted by Gasteiger charge is 2.26. The second-order valence-corrected chi connectivity index (χ2v) is 7.17. The summed E-state index contributed by atoms with van der Waals surface area (Å²) in [6, 6.07) is 15.1. The summed E-state index contributed by atoms with van der Waals surface area (Å²) >= 11 is 0. The van der Waals surface area contributed by atoms with Gasteiger partial charge >= 0.3 is 0 Å². The Morgan fingerprint density at radius 3 is 2.93 bits per heavy atom. The quantitative estimate of drug-likeness (QED) is 0.556. The van der Waals surface area contributed by atoms with E-state index >= 15 is 0 Å². The van der Waals surface area contributed by atoms with Crippen molar-refractivity contribution >= 4 is 10.8 Å². The van der Waals surface area contributed by atoms with Crippen molar-refractivity contribution in [2.75, 3.05) is 13.1 Å². The van der Waals surface area contributed by atoms with E-state index < -0.39 is 0 Å². The third-order valence-electron chi connectivity index (χ3n) is 5.36. The Labute approximate surface area is 157 Å². The lowest BCUT2D eigenvalue weighted by atomic mass is 9.97. The molecule has 0 fully saturated rings. The van der Waals surface area contributed by atoms with Crippen LogP contribution in [0.25, 0.3) is 22.0 Å². The molecule has 0 saturated heterocycles. The molecule has 5 rings (SSSR count). The second-order valence-electron chi connectivity index (χ2n) is 7.17. The van der Waals surface area contributed by atoms with Crippen molar-refractivity contribution in [3.8, 4) is 11.3 Å². The molecule has 27 heavy (non-hydrogen) atoms. The first-order chi connectivity index (χ1) is 13.3. The Balaban J connectivity index is 1.46. The standard InChI is InChI=1S/C21H21N5O/c1-15(26-14-22-13-23-26)11-25-10-9-20-19(12-25)21(24-27-20)18-8-4-6-16-5-2-3-7-17(16)18/h2-8,13-15H,9-12H2,1H3/t15-/m0/s1. The van der Waals surface area contributed by atoms with Crippen molar-refractivity contribution in [3.05, 3.63) is 66.4 Å². The lowest BCUT2D eigenvalue weighted by Crippen LogP contribution is -2.34. The highest BCUT2D eigenvalue weighted by Crippen LogP contribution is 2.34. The number of rotatable bonds is 4. The van der Waals surface area contributed by atoms with Gasteiger partial charge in [-0.25, -0.2) is 9.67 Å². The Bertz CT molecular complexity index is 1060. The van der Waals surface area contributed by atoms with Gasteiger partial charge in [0.2, 0.25) is 0 Å². The summed E-state index contributed by atoms with van der Waals surface area (Å²) in [5, 5.41) is 11.1. The molecule has 0 saturated carbocycles. The molecule has 3 heterocycles. The summed E-state index contributed by atoms with van der Waals surface area (Å²) in [4.78, 5) is 6.50. The van der Waals surface area contributed by atoms with Crippen LogP contribution in [0.1, 0.15) is 24.3 Å². The van der Waals surface area contributed by atoms with E-state index in [2.05, 4.69) is 69.5 Å². The van der Waals surface area contributed by atoms with E-state index in [1.807, 2.05) is 4.68 Å². The van der Waals surface area contributed by atoms with Gasteiger partial charge in [-0.05, 0) is 17.7 Å². The van der Waals surface area contributed by atoms with Crippen LogP contribution in [0.3, 0.4) is 0 Å². The van der Waals surface area contributed by atoms with Gasteiger partial charge in [-0.15, -0.1) is 0 Å². The molecule has 4 aromatic rings. The molecule has 6 nitrogen and oxygen atoms in total. The molecule has 136 valence electrons. The van der Waals surface area contributed by atoms with Crippen molar-refractivity contribution in [1.82, 2.24) is 24.8 Å². The van der Waals surface area contributed by atoms with E-state index in [1.54, 1.807) is 12.7 Å². The van der Waals surface area contributed by atoms with E-state index in [0.29, 0.717) is 0 Å². The molecule has 1 aliphatic rings. The minimum absolute atomic E-state index is 0.273. The molecule has 0 spiro atoms. The first-order valence-electron chi connectivity index (χ1n) is 9.31. The lowest BCUT2D eigenvalue weighted by Gasteiger charge is -2.28. The van der Waals surface area contributed by atoms with Gasteiger partial charge in [-0.3, -0.25) is 4.90 Å². The Hall–Kier alpha value is -2.99. The summed E-state index contributed by atoms with van der Waals surface area (Å²) in [6.45, 7) is 4.90. The van der Waals surface area contributed by atoms with Crippen LogP contribution in [0.2, 0.25) is 0 Å². The number of benzene rings is 2. The summed E-state index contributed by atoms with van der Waals surface area (Å²) in [7, 11) is 0. The van der Waals surface area contributed by atoms with Gasteiger partial charge in [0, 0.05) is 37.2 Å². The third kappa shape index (κ3) is 2.92. The normalized spacial score (nSPS) is 15.7. The molecular formula is C21H21N5O. The second kappa shape index (κ2) is 6.63. The van der Waals surface area contributed by atoms with Crippen molar-refractivity contribution in [3.63, 3.8) is 0 Å². The third-order valence-corrected chi connectivity index (χ3v) is 5.36. The molecular weight excluding hydrogens is 338 g/mol. The summed E-state index contributed by atoms with van der Waals surface area (Å²) in [6.07, 6.45) is 4.25. The summed E-state index contributed by atoms with van der Waals surface area (Å²) < 4.78 is 7.62. The predicted molar refractivity (Wildman–Crippen MR) is 103 cm³/mol. The highest BCUT2D eigenvalue weighted by molar-refractivity contribution is 5.96. The molecule has 0 radical (unpaired) electrons. The zero-order chi connectivity index (χ0) is 18.2. The number of nitrogens with zero attached hydrogens (tertiary/aromatic N) is 5. The van der Waals surface area contributed by atoms with Crippen LogP contribution in [0, 0.1) is 0 Å². The van der Waals surface area contributed by atoms with E-state index in [-0.39, 0.29) is 6.04 Å². The van der Waals surface area contributed by atoms with Crippen molar-refractivity contribution in [1.29, 1.82) is 0 Å². The van der Waals surface area contributed by atoms with Crippen molar-refractivity contribution in [2.45, 2.75) is 25.9 Å². The Morgan fingerprint density at radius 2 is 2.04 bits per heavy atom. The van der Waals surface area contributed by atoms with Gasteiger partial charge in [0.25, 0.3) is 0 Å². The molecule has 6 heteroatoms. The van der Waals surface area contributed by atoms with Crippen LogP contribution in [0.4, 0.5) is 0 Å². The van der Waals surface area contributed by atoms with Crippen LogP contribution < -0.4 is 0 Å². The number of hydrogen-bond donors (Lipinski definition) is 0. The fraction of sp³-hybridized carbons (Fsp3) is 0.286. The molecule has 0 unspecified atom stereocenters. The summed E-state index contributed by atoms with van der Waals surface area (Å²) in [5.41, 5.74) is 3.33. The van der Waals surface area contributed by atoms with Crippen molar-refractivity contribution < 1.29 is 4.52 Å². The van der Waals surface area contributed by atoms with E-state index in [0.717, 1.165) is 43.1 Å². The monoisotopic (exact) mass is 359 g/mol. The Morgan fingerprint density at radius 1 is 1.15 bits per heavy atom. The predicted octanol–water partition coefficient (Wildman–Crippen LogP) is 3.71. The first kappa shape index (κ1) is 16.2. The van der Waals surface area contributed by atoms with Crippen LogP contribution in [0.5, 0.6) is 0 Å². The van der Waals surface area contributed by atoms with Gasteiger partial charge in [-0.1, -0.05) is 47.6 Å². The van der Waals surface area contributed by atoms with Crippen LogP contribution >= 0.6 is 0 Å². The maximum absolute atomic E-state index is 5.71. The first-order valence-corrected chi connectivity index (χ1v) is 9.31. The van der Waals surface area contributed by atoms with Gasteiger partial charge in [0.1, 0.15) is 24.1 Å². The van der Waals surface area contributed by atoms with Crippen LogP contribution in [-0.4, -0.2) is 37.9 Å². The average molecular weight is 359 g/mol. The molecule has 2 aromatic heterocycles. The average Bonchev–Trinajstić information content (AvgIpc) is 3.37. The fourth-order valence-corrected chi connectivity index (χ4v) is 3.97. The number of hydrogen-bond acceptors (Lipinski definition) is 5. The highest BCUT2D eigenvalue weighted by atomic mass is 16.5. The minimum atomic E-state index is 0.273. The molecule has 1 atom stereocenters. The zero-order valence-corrected chi connectivity index (χ0v) is 15.2. The largest absolute Gasteiger partial charge is 0.360 e. The molecule has 2 aromatic carbocycles. The zero-order valence-electron chi connectivity index (χ0n) is 15.2. The molecule has 1 aliphatic heterocycles. The SMILES string of the molecule is C[C@@H](CN1CCc2onc(-c3cccc4ccccc34)c2C1)n1cncn1. The maximum atomic E-state index is 5.71. The fourth-order valence-electron chi connectivity index (χ4n) is 3.97. The molecule has 0 aliphatic carbocycles. The van der Waals surface area contributed by atoms with Crippen molar-refractivity contribution in [2.24, 2.45) is 0 Å². The van der Waals surface area contributed by atoms with E-state index in [4.69, 9.17) is 4.52 Å². The van der Waals surface area contributed by atoms with Gasteiger partial charge in [-0.2, -0.15) is 5.10 Å². The minimum Gasteiger partial charge on any atom is -0.360 e. The number of fused-ring (bicyclic) bond motifs is 2. The molecule has 0 amide bonds. The van der Waals surface area contributed by atoms with E-state index in [9.17, 15) is 0 Å². The van der Waals surface area contributed by atoms with Gasteiger partial charge in [0.05, 0.1) is 6.04 Å². The summed E-state index contributed by atoms with van der Waals surface area (Å²) in [5.74, 6) is 1.02. The lowest BCUT2D eigenvalue weighted by molar-refractivity contribution is 0.203. The van der Waals surface area contributed by atoms with Crippen LogP contribution in [-0.2, 0) is 13.0 Å². The van der Waals surface area contributed by atoms with Gasteiger partial charge in [0.15, 0.2) is 0 Å². The Kier molecular flexibility index (Phi) is 3.98. The van der Waals surface area contributed by atoms with Crippen LogP contribution in [0.15, 0.2) is 59.6 Å². The van der Waals surface area contributed by atoms with E-state index in [1.165, 1.54) is 16.3 Å². The number of aromatic nitrogens is 4. The van der Waals surface area contributed by atoms with Gasteiger partial charge < -0.3 is 4.52 Å². The topological polar surface area (TPSA) is 60.0 Å². The maximum Gasteiger partial charge on any atom is 0.143 e. The molecule has 0 bridgehead atoms. The smallest absolute Gasteiger partial charge is 0.143 e.